The van der Waals surface area contributed by atoms with Crippen LogP contribution in [-0.4, -0.2) is 23.4 Å². The van der Waals surface area contributed by atoms with Crippen LogP contribution in [0.3, 0.4) is 0 Å². The third-order valence-electron chi connectivity index (χ3n) is 3.30. The van der Waals surface area contributed by atoms with Crippen molar-refractivity contribution in [2.45, 2.75) is 24.9 Å². The number of benzene rings is 1. The topological polar surface area (TPSA) is 41.6 Å². The molecule has 1 fully saturated rings. The minimum absolute atomic E-state index is 0.166. The number of nitrogens with two attached hydrogens (primary N) is 1. The van der Waals surface area contributed by atoms with Crippen LogP contribution < -0.4 is 5.73 Å². The van der Waals surface area contributed by atoms with Crippen molar-refractivity contribution in [2.24, 2.45) is 10.7 Å². The second kappa shape index (κ2) is 3.98. The fourth-order valence-corrected chi connectivity index (χ4v) is 2.69. The Labute approximate surface area is 108 Å². The van der Waals surface area contributed by atoms with E-state index in [1.54, 1.807) is 0 Å². The SMILES string of the molecule is NC1=NCC(c2ccc(F)c(Br)c2)N1C1CC1. The molecule has 2 N–H and O–H groups in total. The van der Waals surface area contributed by atoms with Crippen LogP contribution in [0.2, 0.25) is 0 Å². The lowest BCUT2D eigenvalue weighted by molar-refractivity contribution is 0.337. The highest BCUT2D eigenvalue weighted by Crippen LogP contribution is 2.37. The maximum absolute atomic E-state index is 13.2. The predicted molar refractivity (Wildman–Crippen MR) is 68.2 cm³/mol. The first-order chi connectivity index (χ1) is 8.16. The standard InChI is InChI=1S/C12H13BrFN3/c13-9-5-7(1-4-10(9)14)11-6-16-12(15)17(11)8-2-3-8/h1,4-5,8,11H,2-3,6H2,(H2,15,16). The fraction of sp³-hybridized carbons (Fsp3) is 0.417. The average Bonchev–Trinajstić information content (AvgIpc) is 3.06. The van der Waals surface area contributed by atoms with Gasteiger partial charge in [0.05, 0.1) is 17.1 Å². The smallest absolute Gasteiger partial charge is 0.192 e. The Hall–Kier alpha value is -1.10. The molecule has 1 aromatic rings. The Balaban J connectivity index is 1.91. The molecular formula is C12H13BrFN3. The van der Waals surface area contributed by atoms with E-state index in [1.165, 1.54) is 18.9 Å². The summed E-state index contributed by atoms with van der Waals surface area (Å²) in [6.45, 7) is 0.667. The van der Waals surface area contributed by atoms with E-state index in [9.17, 15) is 4.39 Å². The third-order valence-corrected chi connectivity index (χ3v) is 3.90. The molecule has 1 atom stereocenters. The summed E-state index contributed by atoms with van der Waals surface area (Å²) in [4.78, 5) is 6.47. The minimum Gasteiger partial charge on any atom is -0.370 e. The first kappa shape index (κ1) is 11.0. The molecule has 1 heterocycles. The van der Waals surface area contributed by atoms with E-state index in [4.69, 9.17) is 5.73 Å². The van der Waals surface area contributed by atoms with Gasteiger partial charge in [-0.05, 0) is 46.5 Å². The summed E-state index contributed by atoms with van der Waals surface area (Å²) in [6.07, 6.45) is 2.35. The highest BCUT2D eigenvalue weighted by molar-refractivity contribution is 9.10. The molecule has 17 heavy (non-hydrogen) atoms. The molecule has 0 radical (unpaired) electrons. The summed E-state index contributed by atoms with van der Waals surface area (Å²) < 4.78 is 13.7. The Morgan fingerprint density at radius 2 is 2.18 bits per heavy atom. The van der Waals surface area contributed by atoms with Gasteiger partial charge in [0.1, 0.15) is 5.82 Å². The van der Waals surface area contributed by atoms with Gasteiger partial charge in [0.25, 0.3) is 0 Å². The second-order valence-electron chi connectivity index (χ2n) is 4.53. The second-order valence-corrected chi connectivity index (χ2v) is 5.38. The van der Waals surface area contributed by atoms with Crippen LogP contribution in [0.25, 0.3) is 0 Å². The van der Waals surface area contributed by atoms with E-state index < -0.39 is 0 Å². The Morgan fingerprint density at radius 1 is 1.41 bits per heavy atom. The van der Waals surface area contributed by atoms with Gasteiger partial charge in [-0.2, -0.15) is 0 Å². The molecule has 2 aliphatic rings. The zero-order valence-corrected chi connectivity index (χ0v) is 10.8. The summed E-state index contributed by atoms with van der Waals surface area (Å²) in [5, 5.41) is 0. The largest absolute Gasteiger partial charge is 0.370 e. The van der Waals surface area contributed by atoms with E-state index in [1.807, 2.05) is 12.1 Å². The van der Waals surface area contributed by atoms with E-state index >= 15 is 0 Å². The molecule has 0 amide bonds. The van der Waals surface area contributed by atoms with Crippen LogP contribution in [-0.2, 0) is 0 Å². The highest BCUT2D eigenvalue weighted by Gasteiger charge is 2.38. The number of aliphatic imine (C=N–C) groups is 1. The maximum atomic E-state index is 13.2. The average molecular weight is 298 g/mol. The van der Waals surface area contributed by atoms with Crippen LogP contribution in [0.4, 0.5) is 4.39 Å². The molecule has 0 bridgehead atoms. The summed E-state index contributed by atoms with van der Waals surface area (Å²) in [5.41, 5.74) is 6.97. The molecule has 1 aliphatic heterocycles. The zero-order chi connectivity index (χ0) is 12.0. The molecule has 1 aromatic carbocycles. The highest BCUT2D eigenvalue weighted by atomic mass is 79.9. The number of nitrogens with zero attached hydrogens (tertiary/aromatic N) is 2. The molecule has 5 heteroatoms. The number of hydrogen-bond acceptors (Lipinski definition) is 3. The van der Waals surface area contributed by atoms with Gasteiger partial charge in [-0.25, -0.2) is 4.39 Å². The van der Waals surface area contributed by atoms with Crippen molar-refractivity contribution in [1.82, 2.24) is 4.90 Å². The normalized spacial score (nSPS) is 24.0. The van der Waals surface area contributed by atoms with Crippen LogP contribution in [0.1, 0.15) is 24.4 Å². The van der Waals surface area contributed by atoms with Crippen molar-refractivity contribution < 1.29 is 4.39 Å². The Morgan fingerprint density at radius 3 is 2.82 bits per heavy atom. The molecule has 90 valence electrons. The number of halogens is 2. The summed E-state index contributed by atoms with van der Waals surface area (Å²) >= 11 is 3.22. The summed E-state index contributed by atoms with van der Waals surface area (Å²) in [7, 11) is 0. The fourth-order valence-electron chi connectivity index (χ4n) is 2.29. The van der Waals surface area contributed by atoms with Crippen molar-refractivity contribution in [3.63, 3.8) is 0 Å². The van der Waals surface area contributed by atoms with Crippen LogP contribution in [0.15, 0.2) is 27.7 Å². The van der Waals surface area contributed by atoms with Crippen molar-refractivity contribution in [3.8, 4) is 0 Å². The Kier molecular flexibility index (Phi) is 2.58. The Bertz CT molecular complexity index is 485. The number of rotatable bonds is 2. The van der Waals surface area contributed by atoms with Crippen molar-refractivity contribution >= 4 is 21.9 Å². The first-order valence-electron chi connectivity index (χ1n) is 5.70. The molecule has 1 unspecified atom stereocenters. The number of guanidine groups is 1. The molecule has 0 saturated heterocycles. The van der Waals surface area contributed by atoms with E-state index in [2.05, 4.69) is 25.8 Å². The molecule has 3 rings (SSSR count). The number of hydrogen-bond donors (Lipinski definition) is 1. The van der Waals surface area contributed by atoms with Gasteiger partial charge in [-0.1, -0.05) is 6.07 Å². The lowest BCUT2D eigenvalue weighted by Crippen LogP contribution is -2.37. The van der Waals surface area contributed by atoms with Crippen molar-refractivity contribution in [2.75, 3.05) is 6.54 Å². The van der Waals surface area contributed by atoms with Gasteiger partial charge in [0.15, 0.2) is 5.96 Å². The molecule has 3 nitrogen and oxygen atoms in total. The van der Waals surface area contributed by atoms with Gasteiger partial charge in [0.2, 0.25) is 0 Å². The monoisotopic (exact) mass is 297 g/mol. The minimum atomic E-state index is -0.237. The summed E-state index contributed by atoms with van der Waals surface area (Å²) in [6, 6.07) is 5.81. The third kappa shape index (κ3) is 1.92. The lowest BCUT2D eigenvalue weighted by atomic mass is 10.1. The molecule has 0 aromatic heterocycles. The van der Waals surface area contributed by atoms with Gasteiger partial charge in [-0.3, -0.25) is 4.99 Å². The molecule has 1 aliphatic carbocycles. The summed E-state index contributed by atoms with van der Waals surface area (Å²) in [5.74, 6) is 0.386. The molecule has 0 spiro atoms. The van der Waals surface area contributed by atoms with Gasteiger partial charge in [0, 0.05) is 6.04 Å². The lowest BCUT2D eigenvalue weighted by Gasteiger charge is -2.26. The predicted octanol–water partition coefficient (Wildman–Crippen LogP) is 2.42. The van der Waals surface area contributed by atoms with Gasteiger partial charge >= 0.3 is 0 Å². The van der Waals surface area contributed by atoms with Crippen LogP contribution in [0.5, 0.6) is 0 Å². The zero-order valence-electron chi connectivity index (χ0n) is 9.24. The van der Waals surface area contributed by atoms with Gasteiger partial charge < -0.3 is 10.6 Å². The molecular weight excluding hydrogens is 285 g/mol. The quantitative estimate of drug-likeness (QED) is 0.911. The van der Waals surface area contributed by atoms with Crippen molar-refractivity contribution in [1.29, 1.82) is 0 Å². The van der Waals surface area contributed by atoms with Crippen LogP contribution >= 0.6 is 15.9 Å². The molecule has 1 saturated carbocycles. The van der Waals surface area contributed by atoms with E-state index in [0.717, 1.165) is 5.56 Å². The van der Waals surface area contributed by atoms with E-state index in [0.29, 0.717) is 23.0 Å². The van der Waals surface area contributed by atoms with Crippen molar-refractivity contribution in [3.05, 3.63) is 34.1 Å². The van der Waals surface area contributed by atoms with E-state index in [-0.39, 0.29) is 11.9 Å². The maximum Gasteiger partial charge on any atom is 0.192 e. The van der Waals surface area contributed by atoms with Gasteiger partial charge in [-0.15, -0.1) is 0 Å². The first-order valence-corrected chi connectivity index (χ1v) is 6.49. The van der Waals surface area contributed by atoms with Crippen LogP contribution in [0, 0.1) is 5.82 Å².